The van der Waals surface area contributed by atoms with E-state index in [1.54, 1.807) is 0 Å². The molecule has 4 nitrogen and oxygen atoms in total. The van der Waals surface area contributed by atoms with E-state index in [1.807, 2.05) is 30.3 Å². The second-order valence-electron chi connectivity index (χ2n) is 5.22. The lowest BCUT2D eigenvalue weighted by molar-refractivity contribution is -0.0239. The van der Waals surface area contributed by atoms with Gasteiger partial charge in [0.05, 0.1) is 19.8 Å². The number of ether oxygens (including phenoxy) is 2. The van der Waals surface area contributed by atoms with E-state index in [1.165, 1.54) is 0 Å². The lowest BCUT2D eigenvalue weighted by Crippen LogP contribution is -2.22. The molecular weight excluding hydrogens is 268 g/mol. The van der Waals surface area contributed by atoms with Crippen molar-refractivity contribution in [3.8, 4) is 0 Å². The lowest BCUT2D eigenvalue weighted by Gasteiger charge is -2.12. The summed E-state index contributed by atoms with van der Waals surface area (Å²) in [6.07, 6.45) is 4.64. The van der Waals surface area contributed by atoms with Crippen LogP contribution in [0, 0.1) is 0 Å². The standard InChI is InChI=1S/C17H28O4/c18-11-7-2-1-3-8-12-20-14-17(19)15-21-13-16-9-5-4-6-10-16/h4-6,9-10,17-19H,1-3,7-8,11-15H2. The Balaban J connectivity index is 1.88. The molecule has 1 aromatic carbocycles. The summed E-state index contributed by atoms with van der Waals surface area (Å²) < 4.78 is 10.9. The van der Waals surface area contributed by atoms with Crippen LogP contribution < -0.4 is 0 Å². The molecule has 1 rings (SSSR count). The van der Waals surface area contributed by atoms with E-state index >= 15 is 0 Å². The van der Waals surface area contributed by atoms with Gasteiger partial charge in [-0.25, -0.2) is 0 Å². The summed E-state index contributed by atoms with van der Waals surface area (Å²) in [5.41, 5.74) is 1.11. The van der Waals surface area contributed by atoms with Gasteiger partial charge in [0, 0.05) is 13.2 Å². The van der Waals surface area contributed by atoms with Gasteiger partial charge < -0.3 is 19.7 Å². The van der Waals surface area contributed by atoms with Crippen molar-refractivity contribution in [3.63, 3.8) is 0 Å². The number of hydrogen-bond donors (Lipinski definition) is 2. The van der Waals surface area contributed by atoms with Gasteiger partial charge in [0.1, 0.15) is 6.10 Å². The van der Waals surface area contributed by atoms with Gasteiger partial charge in [0.2, 0.25) is 0 Å². The second-order valence-corrected chi connectivity index (χ2v) is 5.22. The number of aliphatic hydroxyl groups is 2. The maximum absolute atomic E-state index is 9.72. The first-order chi connectivity index (χ1) is 10.3. The van der Waals surface area contributed by atoms with Crippen molar-refractivity contribution >= 4 is 0 Å². The van der Waals surface area contributed by atoms with Gasteiger partial charge in [-0.15, -0.1) is 0 Å². The van der Waals surface area contributed by atoms with Gasteiger partial charge in [-0.05, 0) is 18.4 Å². The van der Waals surface area contributed by atoms with Gasteiger partial charge in [-0.1, -0.05) is 49.6 Å². The molecule has 1 aromatic rings. The Morgan fingerprint density at radius 3 is 2.29 bits per heavy atom. The molecule has 0 heterocycles. The van der Waals surface area contributed by atoms with Gasteiger partial charge in [0.25, 0.3) is 0 Å². The van der Waals surface area contributed by atoms with Gasteiger partial charge in [-0.2, -0.15) is 0 Å². The highest BCUT2D eigenvalue weighted by atomic mass is 16.5. The topological polar surface area (TPSA) is 58.9 Å². The molecule has 120 valence electrons. The zero-order chi connectivity index (χ0) is 15.2. The van der Waals surface area contributed by atoms with Gasteiger partial charge in [0.15, 0.2) is 0 Å². The van der Waals surface area contributed by atoms with Crippen molar-refractivity contribution in [2.75, 3.05) is 26.4 Å². The average Bonchev–Trinajstić information content (AvgIpc) is 2.51. The Bertz CT molecular complexity index is 329. The van der Waals surface area contributed by atoms with Crippen molar-refractivity contribution in [2.45, 2.75) is 44.8 Å². The van der Waals surface area contributed by atoms with E-state index in [0.717, 1.165) is 37.7 Å². The minimum atomic E-state index is -0.567. The Labute approximate surface area is 127 Å². The van der Waals surface area contributed by atoms with Crippen LogP contribution in [0.1, 0.15) is 37.7 Å². The molecule has 0 aliphatic heterocycles. The van der Waals surface area contributed by atoms with Crippen LogP contribution in [-0.2, 0) is 16.1 Å². The fraction of sp³-hybridized carbons (Fsp3) is 0.647. The molecule has 0 amide bonds. The van der Waals surface area contributed by atoms with Crippen molar-refractivity contribution in [2.24, 2.45) is 0 Å². The summed E-state index contributed by atoms with van der Waals surface area (Å²) >= 11 is 0. The van der Waals surface area contributed by atoms with Gasteiger partial charge >= 0.3 is 0 Å². The van der Waals surface area contributed by atoms with Crippen LogP contribution in [0.2, 0.25) is 0 Å². The summed E-state index contributed by atoms with van der Waals surface area (Å²) in [5, 5.41) is 18.4. The van der Waals surface area contributed by atoms with Crippen LogP contribution >= 0.6 is 0 Å². The first-order valence-corrected chi connectivity index (χ1v) is 7.81. The van der Waals surface area contributed by atoms with Crippen molar-refractivity contribution in [1.29, 1.82) is 0 Å². The molecule has 0 saturated carbocycles. The Kier molecular flexibility index (Phi) is 11.0. The zero-order valence-corrected chi connectivity index (χ0v) is 12.7. The minimum absolute atomic E-state index is 0.283. The molecular formula is C17H28O4. The largest absolute Gasteiger partial charge is 0.396 e. The first kappa shape index (κ1) is 18.1. The average molecular weight is 296 g/mol. The zero-order valence-electron chi connectivity index (χ0n) is 12.7. The van der Waals surface area contributed by atoms with E-state index in [9.17, 15) is 5.11 Å². The predicted octanol–water partition coefficient (Wildman–Crippen LogP) is 2.52. The summed E-state index contributed by atoms with van der Waals surface area (Å²) in [6.45, 7) is 2.10. The maximum atomic E-state index is 9.72. The highest BCUT2D eigenvalue weighted by molar-refractivity contribution is 5.13. The van der Waals surface area contributed by atoms with Crippen LogP contribution in [-0.4, -0.2) is 42.7 Å². The van der Waals surface area contributed by atoms with Crippen LogP contribution in [0.4, 0.5) is 0 Å². The second kappa shape index (κ2) is 12.8. The highest BCUT2D eigenvalue weighted by Gasteiger charge is 2.04. The number of unbranched alkanes of at least 4 members (excludes halogenated alkanes) is 4. The molecule has 0 radical (unpaired) electrons. The molecule has 0 aliphatic rings. The number of aliphatic hydroxyl groups excluding tert-OH is 2. The van der Waals surface area contributed by atoms with Crippen molar-refractivity contribution in [1.82, 2.24) is 0 Å². The van der Waals surface area contributed by atoms with Crippen molar-refractivity contribution < 1.29 is 19.7 Å². The van der Waals surface area contributed by atoms with Crippen molar-refractivity contribution in [3.05, 3.63) is 35.9 Å². The molecule has 0 spiro atoms. The first-order valence-electron chi connectivity index (χ1n) is 7.81. The monoisotopic (exact) mass is 296 g/mol. The molecule has 1 unspecified atom stereocenters. The van der Waals surface area contributed by atoms with E-state index in [0.29, 0.717) is 26.4 Å². The molecule has 2 N–H and O–H groups in total. The Hall–Kier alpha value is -0.940. The molecule has 21 heavy (non-hydrogen) atoms. The fourth-order valence-electron chi connectivity index (χ4n) is 2.00. The molecule has 0 aromatic heterocycles. The minimum Gasteiger partial charge on any atom is -0.396 e. The molecule has 0 aliphatic carbocycles. The predicted molar refractivity (Wildman–Crippen MR) is 83.1 cm³/mol. The summed E-state index contributed by atoms with van der Waals surface area (Å²) in [4.78, 5) is 0. The molecule has 0 fully saturated rings. The summed E-state index contributed by atoms with van der Waals surface area (Å²) in [7, 11) is 0. The van der Waals surface area contributed by atoms with E-state index in [4.69, 9.17) is 14.6 Å². The fourth-order valence-corrected chi connectivity index (χ4v) is 2.00. The maximum Gasteiger partial charge on any atom is 0.101 e. The quantitative estimate of drug-likeness (QED) is 0.549. The molecule has 0 saturated heterocycles. The number of benzene rings is 1. The normalized spacial score (nSPS) is 12.5. The smallest absolute Gasteiger partial charge is 0.101 e. The number of rotatable bonds is 13. The van der Waals surface area contributed by atoms with E-state index in [-0.39, 0.29) is 6.61 Å². The summed E-state index contributed by atoms with van der Waals surface area (Å²) in [5.74, 6) is 0. The lowest BCUT2D eigenvalue weighted by atomic mass is 10.1. The molecule has 4 heteroatoms. The van der Waals surface area contributed by atoms with Crippen LogP contribution in [0.15, 0.2) is 30.3 Å². The Morgan fingerprint density at radius 1 is 0.857 bits per heavy atom. The SMILES string of the molecule is OCCCCCCCOCC(O)COCc1ccccc1. The molecule has 0 bridgehead atoms. The van der Waals surface area contributed by atoms with Crippen LogP contribution in [0.25, 0.3) is 0 Å². The third-order valence-electron chi connectivity index (χ3n) is 3.18. The summed E-state index contributed by atoms with van der Waals surface area (Å²) in [6, 6.07) is 9.91. The van der Waals surface area contributed by atoms with E-state index in [2.05, 4.69) is 0 Å². The third-order valence-corrected chi connectivity index (χ3v) is 3.18. The van der Waals surface area contributed by atoms with E-state index < -0.39 is 6.10 Å². The van der Waals surface area contributed by atoms with Crippen LogP contribution in [0.5, 0.6) is 0 Å². The molecule has 1 atom stereocenters. The van der Waals surface area contributed by atoms with Crippen LogP contribution in [0.3, 0.4) is 0 Å². The third kappa shape index (κ3) is 10.4. The number of hydrogen-bond acceptors (Lipinski definition) is 4. The van der Waals surface area contributed by atoms with Gasteiger partial charge in [-0.3, -0.25) is 0 Å². The Morgan fingerprint density at radius 2 is 1.52 bits per heavy atom. The highest BCUT2D eigenvalue weighted by Crippen LogP contribution is 2.03.